The summed E-state index contributed by atoms with van der Waals surface area (Å²) in [4.78, 5) is 0. The fourth-order valence-corrected chi connectivity index (χ4v) is 0.867. The Hall–Kier alpha value is 0.120. The van der Waals surface area contributed by atoms with Gasteiger partial charge in [0, 0.05) is 5.57 Å². The fourth-order valence-electron chi connectivity index (χ4n) is 0.329. The minimum absolute atomic E-state index is 0.940. The van der Waals surface area contributed by atoms with Crippen molar-refractivity contribution in [2.45, 2.75) is 6.92 Å². The number of halogens is 1. The third-order valence-electron chi connectivity index (χ3n) is 0.651. The molecule has 0 saturated heterocycles. The molecule has 0 N–H and O–H groups in total. The molecule has 0 aliphatic rings. The molecule has 0 heterocycles. The van der Waals surface area contributed by atoms with Crippen molar-refractivity contribution in [3.05, 3.63) is 21.1 Å². The summed E-state index contributed by atoms with van der Waals surface area (Å²) >= 11 is 6.11. The van der Waals surface area contributed by atoms with E-state index in [4.69, 9.17) is 0 Å². The van der Waals surface area contributed by atoms with Crippen molar-refractivity contribution < 1.29 is 0 Å². The summed E-state index contributed by atoms with van der Waals surface area (Å²) in [6.07, 6.45) is 1.91. The molecule has 0 amide bonds. The number of rotatable bonds is 1. The van der Waals surface area contributed by atoms with Crippen molar-refractivity contribution in [2.75, 3.05) is 0 Å². The van der Waals surface area contributed by atoms with E-state index in [1.807, 2.05) is 10.2 Å². The van der Waals surface area contributed by atoms with Gasteiger partial charge >= 0.3 is 0 Å². The SMILES string of the molecule is CC#CC(/C=C\I)=C/S. The van der Waals surface area contributed by atoms with E-state index in [1.165, 1.54) is 0 Å². The van der Waals surface area contributed by atoms with Crippen LogP contribution in [0.2, 0.25) is 0 Å². The molecule has 48 valence electrons. The summed E-state index contributed by atoms with van der Waals surface area (Å²) in [5.41, 5.74) is 0.940. The minimum atomic E-state index is 0.940. The predicted octanol–water partition coefficient (Wildman–Crippen LogP) is 2.77. The molecule has 0 radical (unpaired) electrons. The molecule has 0 aromatic rings. The molecule has 0 unspecified atom stereocenters. The van der Waals surface area contributed by atoms with Crippen molar-refractivity contribution in [3.8, 4) is 11.8 Å². The summed E-state index contributed by atoms with van der Waals surface area (Å²) in [6.45, 7) is 1.80. The Morgan fingerprint density at radius 3 is 2.67 bits per heavy atom. The van der Waals surface area contributed by atoms with Crippen LogP contribution in [0.25, 0.3) is 0 Å². The second kappa shape index (κ2) is 6.24. The highest BCUT2D eigenvalue weighted by molar-refractivity contribution is 14.1. The summed E-state index contributed by atoms with van der Waals surface area (Å²) in [7, 11) is 0. The average Bonchev–Trinajstić information content (AvgIpc) is 1.88. The molecule has 0 spiro atoms. The lowest BCUT2D eigenvalue weighted by molar-refractivity contribution is 1.82. The van der Waals surface area contributed by atoms with Gasteiger partial charge in [0.1, 0.15) is 0 Å². The van der Waals surface area contributed by atoms with Crippen LogP contribution in [0.1, 0.15) is 6.92 Å². The largest absolute Gasteiger partial charge is 0.150 e. The van der Waals surface area contributed by atoms with Crippen molar-refractivity contribution >= 4 is 35.2 Å². The fraction of sp³-hybridized carbons (Fsp3) is 0.143. The topological polar surface area (TPSA) is 0 Å². The van der Waals surface area contributed by atoms with Crippen LogP contribution in [-0.4, -0.2) is 0 Å². The Labute approximate surface area is 75.0 Å². The van der Waals surface area contributed by atoms with Crippen LogP contribution >= 0.6 is 35.2 Å². The number of hydrogen-bond acceptors (Lipinski definition) is 1. The first-order valence-corrected chi connectivity index (χ1v) is 4.15. The van der Waals surface area contributed by atoms with E-state index in [0.717, 1.165) is 5.57 Å². The zero-order valence-electron chi connectivity index (χ0n) is 5.06. The van der Waals surface area contributed by atoms with E-state index >= 15 is 0 Å². The molecule has 0 nitrogen and oxygen atoms in total. The maximum atomic E-state index is 3.96. The van der Waals surface area contributed by atoms with E-state index in [9.17, 15) is 0 Å². The smallest absolute Gasteiger partial charge is 0.0310 e. The Bertz CT molecular complexity index is 181. The van der Waals surface area contributed by atoms with Gasteiger partial charge in [0.15, 0.2) is 0 Å². The molecule has 0 aliphatic carbocycles. The van der Waals surface area contributed by atoms with Gasteiger partial charge in [-0.25, -0.2) is 0 Å². The van der Waals surface area contributed by atoms with E-state index in [2.05, 4.69) is 47.1 Å². The number of allylic oxidation sites excluding steroid dienone is 2. The first kappa shape index (κ1) is 9.12. The Morgan fingerprint density at radius 1 is 1.67 bits per heavy atom. The Kier molecular flexibility index (Phi) is 6.33. The van der Waals surface area contributed by atoms with Crippen LogP contribution in [0.15, 0.2) is 21.1 Å². The first-order chi connectivity index (χ1) is 4.35. The molecule has 0 bridgehead atoms. The lowest BCUT2D eigenvalue weighted by Crippen LogP contribution is -1.65. The van der Waals surface area contributed by atoms with Gasteiger partial charge in [-0.15, -0.1) is 5.92 Å². The van der Waals surface area contributed by atoms with Gasteiger partial charge in [-0.3, -0.25) is 0 Å². The van der Waals surface area contributed by atoms with Crippen molar-refractivity contribution in [1.29, 1.82) is 0 Å². The van der Waals surface area contributed by atoms with E-state index in [-0.39, 0.29) is 0 Å². The van der Waals surface area contributed by atoms with Gasteiger partial charge < -0.3 is 0 Å². The van der Waals surface area contributed by atoms with Gasteiger partial charge in [-0.1, -0.05) is 28.5 Å². The van der Waals surface area contributed by atoms with Gasteiger partial charge in [-0.2, -0.15) is 12.6 Å². The summed E-state index contributed by atoms with van der Waals surface area (Å²) in [5.74, 6) is 5.66. The van der Waals surface area contributed by atoms with Crippen LogP contribution in [0, 0.1) is 11.8 Å². The van der Waals surface area contributed by atoms with Crippen LogP contribution in [0.4, 0.5) is 0 Å². The molecule has 0 aromatic carbocycles. The summed E-state index contributed by atoms with van der Waals surface area (Å²) < 4.78 is 1.91. The zero-order chi connectivity index (χ0) is 7.11. The molecule has 2 heteroatoms. The molecule has 0 aliphatic heterocycles. The molecular formula is C7H7IS. The van der Waals surface area contributed by atoms with Crippen molar-refractivity contribution in [3.63, 3.8) is 0 Å². The number of hydrogen-bond donors (Lipinski definition) is 1. The first-order valence-electron chi connectivity index (χ1n) is 2.39. The highest BCUT2D eigenvalue weighted by Crippen LogP contribution is 1.98. The lowest BCUT2D eigenvalue weighted by atomic mass is 10.3. The highest BCUT2D eigenvalue weighted by atomic mass is 127. The predicted molar refractivity (Wildman–Crippen MR) is 53.7 cm³/mol. The van der Waals surface area contributed by atoms with Gasteiger partial charge in [0.05, 0.1) is 0 Å². The molecule has 9 heavy (non-hydrogen) atoms. The maximum absolute atomic E-state index is 3.96. The Morgan fingerprint density at radius 2 is 2.33 bits per heavy atom. The van der Waals surface area contributed by atoms with Crippen LogP contribution in [-0.2, 0) is 0 Å². The van der Waals surface area contributed by atoms with E-state index in [0.29, 0.717) is 0 Å². The third-order valence-corrected chi connectivity index (χ3v) is 1.29. The molecule has 0 fully saturated rings. The second-order valence-electron chi connectivity index (χ2n) is 1.25. The number of thiol groups is 1. The maximum Gasteiger partial charge on any atom is 0.0310 e. The molecule has 0 atom stereocenters. The van der Waals surface area contributed by atoms with Gasteiger partial charge in [0.25, 0.3) is 0 Å². The van der Waals surface area contributed by atoms with E-state index in [1.54, 1.807) is 12.3 Å². The summed E-state index contributed by atoms with van der Waals surface area (Å²) in [6, 6.07) is 0. The lowest BCUT2D eigenvalue weighted by Gasteiger charge is -1.81. The van der Waals surface area contributed by atoms with Gasteiger partial charge in [0.2, 0.25) is 0 Å². The normalized spacial score (nSPS) is 11.2. The zero-order valence-corrected chi connectivity index (χ0v) is 8.11. The molecule has 0 aromatic heterocycles. The van der Waals surface area contributed by atoms with Crippen molar-refractivity contribution in [2.24, 2.45) is 0 Å². The summed E-state index contributed by atoms with van der Waals surface area (Å²) in [5, 5.41) is 1.69. The molecular weight excluding hydrogens is 243 g/mol. The van der Waals surface area contributed by atoms with Crippen LogP contribution in [0.5, 0.6) is 0 Å². The molecule has 0 rings (SSSR count). The van der Waals surface area contributed by atoms with Crippen LogP contribution in [0.3, 0.4) is 0 Å². The highest BCUT2D eigenvalue weighted by Gasteiger charge is 1.77. The van der Waals surface area contributed by atoms with Gasteiger partial charge in [-0.05, 0) is 22.5 Å². The van der Waals surface area contributed by atoms with Crippen molar-refractivity contribution in [1.82, 2.24) is 0 Å². The minimum Gasteiger partial charge on any atom is -0.150 e. The monoisotopic (exact) mass is 250 g/mol. The second-order valence-corrected chi connectivity index (χ2v) is 2.23. The molecule has 0 saturated carbocycles. The Balaban J connectivity index is 4.13. The average molecular weight is 250 g/mol. The third kappa shape index (κ3) is 4.61. The standard InChI is InChI=1S/C7H7IS/c1-2-3-7(6-9)4-5-8/h4-6,9H,1H3/b5-4-,7-6-. The van der Waals surface area contributed by atoms with Crippen LogP contribution < -0.4 is 0 Å². The quantitative estimate of drug-likeness (QED) is 0.314. The van der Waals surface area contributed by atoms with E-state index < -0.39 is 0 Å².